The first-order valence-corrected chi connectivity index (χ1v) is 8.13. The molecule has 4 nitrogen and oxygen atoms in total. The molecule has 0 amide bonds. The summed E-state index contributed by atoms with van der Waals surface area (Å²) in [5, 5.41) is 3.83. The van der Waals surface area contributed by atoms with Crippen LogP contribution in [0.25, 0.3) is 11.1 Å². The molecule has 1 aromatic heterocycles. The number of rotatable bonds is 1. The highest BCUT2D eigenvalue weighted by Crippen LogP contribution is 2.50. The van der Waals surface area contributed by atoms with Gasteiger partial charge in [-0.2, -0.15) is 0 Å². The number of halogens is 2. The topological polar surface area (TPSA) is 50.4 Å². The zero-order chi connectivity index (χ0) is 14.4. The Morgan fingerprint density at radius 1 is 1.29 bits per heavy atom. The fraction of sp³-hybridized carbons (Fsp3) is 0.467. The first-order chi connectivity index (χ1) is 10.2. The molecule has 0 unspecified atom stereocenters. The van der Waals surface area contributed by atoms with E-state index in [1.165, 1.54) is 19.3 Å². The van der Waals surface area contributed by atoms with Crippen molar-refractivity contribution in [2.45, 2.75) is 43.5 Å². The third kappa shape index (κ3) is 1.96. The van der Waals surface area contributed by atoms with Crippen molar-refractivity contribution < 1.29 is 4.42 Å². The Hall–Kier alpha value is -1.26. The molecular formula is C15H15Cl2N3O. The largest absolute Gasteiger partial charge is 0.439 e. The molecule has 0 atom stereocenters. The van der Waals surface area contributed by atoms with E-state index in [0.29, 0.717) is 10.9 Å². The van der Waals surface area contributed by atoms with Crippen LogP contribution < -0.4 is 5.32 Å². The molecule has 1 saturated carbocycles. The van der Waals surface area contributed by atoms with E-state index >= 15 is 0 Å². The van der Waals surface area contributed by atoms with Crippen LogP contribution >= 0.6 is 23.2 Å². The summed E-state index contributed by atoms with van der Waals surface area (Å²) in [6.45, 7) is 0. The fourth-order valence-corrected chi connectivity index (χ4v) is 3.89. The molecule has 110 valence electrons. The lowest BCUT2D eigenvalue weighted by Crippen LogP contribution is -2.31. The zero-order valence-corrected chi connectivity index (χ0v) is 13.0. The van der Waals surface area contributed by atoms with Crippen LogP contribution in [0.3, 0.4) is 0 Å². The maximum absolute atomic E-state index is 6.44. The van der Waals surface area contributed by atoms with Gasteiger partial charge in [-0.3, -0.25) is 4.99 Å². The Balaban J connectivity index is 2.02. The van der Waals surface area contributed by atoms with E-state index in [0.717, 1.165) is 35.2 Å². The maximum Gasteiger partial charge on any atom is 0.210 e. The molecule has 6 heteroatoms. The zero-order valence-electron chi connectivity index (χ0n) is 11.5. The van der Waals surface area contributed by atoms with Crippen molar-refractivity contribution in [1.29, 1.82) is 0 Å². The van der Waals surface area contributed by atoms with Crippen LogP contribution in [0.1, 0.15) is 43.6 Å². The van der Waals surface area contributed by atoms with Gasteiger partial charge in [0.15, 0.2) is 5.58 Å². The molecule has 1 aliphatic heterocycles. The number of aliphatic imine (C=N–C) groups is 1. The highest BCUT2D eigenvalue weighted by atomic mass is 35.5. The van der Waals surface area contributed by atoms with Gasteiger partial charge in [-0.1, -0.05) is 30.9 Å². The fourth-order valence-electron chi connectivity index (χ4n) is 3.52. The van der Waals surface area contributed by atoms with Crippen molar-refractivity contribution in [3.63, 3.8) is 0 Å². The molecule has 1 aromatic carbocycles. The summed E-state index contributed by atoms with van der Waals surface area (Å²) in [7, 11) is 0. The third-order valence-electron chi connectivity index (χ3n) is 4.46. The minimum Gasteiger partial charge on any atom is -0.439 e. The molecule has 0 saturated heterocycles. The van der Waals surface area contributed by atoms with Crippen molar-refractivity contribution >= 4 is 46.3 Å². The average Bonchev–Trinajstić information content (AvgIpc) is 2.91. The quantitative estimate of drug-likeness (QED) is 0.764. The van der Waals surface area contributed by atoms with E-state index in [1.807, 2.05) is 6.07 Å². The Kier molecular flexibility index (Phi) is 3.12. The van der Waals surface area contributed by atoms with Crippen LogP contribution in [-0.4, -0.2) is 11.3 Å². The summed E-state index contributed by atoms with van der Waals surface area (Å²) in [6.07, 6.45) is 7.40. The Labute approximate surface area is 132 Å². The number of benzene rings is 1. The summed E-state index contributed by atoms with van der Waals surface area (Å²) in [6, 6.07) is 1.83. The van der Waals surface area contributed by atoms with E-state index in [9.17, 15) is 0 Å². The van der Waals surface area contributed by atoms with Gasteiger partial charge < -0.3 is 9.73 Å². The Morgan fingerprint density at radius 3 is 2.86 bits per heavy atom. The third-order valence-corrected chi connectivity index (χ3v) is 4.98. The van der Waals surface area contributed by atoms with E-state index in [-0.39, 0.29) is 11.4 Å². The molecule has 1 fully saturated rings. The van der Waals surface area contributed by atoms with Gasteiger partial charge in [-0.05, 0) is 18.9 Å². The van der Waals surface area contributed by atoms with Gasteiger partial charge in [0.05, 0.1) is 28.5 Å². The minimum absolute atomic E-state index is 0.231. The first kappa shape index (κ1) is 13.4. The van der Waals surface area contributed by atoms with Crippen LogP contribution in [0.5, 0.6) is 0 Å². The molecule has 2 aromatic rings. The summed E-state index contributed by atoms with van der Waals surface area (Å²) < 4.78 is 5.88. The Morgan fingerprint density at radius 2 is 2.10 bits per heavy atom. The van der Waals surface area contributed by atoms with Gasteiger partial charge in [-0.15, -0.1) is 11.6 Å². The van der Waals surface area contributed by atoms with E-state index in [4.69, 9.17) is 32.6 Å². The van der Waals surface area contributed by atoms with Crippen LogP contribution in [0.4, 0.5) is 5.69 Å². The standard InChI is InChI=1S/C15H15Cl2N3O/c16-7-11-20-10-6-9(17)13-12(14(10)21-11)15(19-8-18-13)4-2-1-3-5-15/h6,8H,1-5,7H2,(H,18,19). The number of alkyl halides is 1. The summed E-state index contributed by atoms with van der Waals surface area (Å²) in [4.78, 5) is 9.19. The number of anilines is 1. The number of nitrogens with zero attached hydrogens (tertiary/aromatic N) is 2. The average molecular weight is 324 g/mol. The van der Waals surface area contributed by atoms with Crippen molar-refractivity contribution in [2.24, 2.45) is 4.99 Å². The molecule has 2 heterocycles. The van der Waals surface area contributed by atoms with Crippen molar-refractivity contribution in [2.75, 3.05) is 5.32 Å². The molecule has 4 rings (SSSR count). The van der Waals surface area contributed by atoms with Crippen LogP contribution in [0.2, 0.25) is 5.02 Å². The van der Waals surface area contributed by atoms with Crippen LogP contribution in [-0.2, 0) is 11.4 Å². The highest BCUT2D eigenvalue weighted by Gasteiger charge is 2.40. The molecule has 2 aliphatic rings. The second kappa shape index (κ2) is 4.89. The number of oxazole rings is 1. The molecule has 1 N–H and O–H groups in total. The van der Waals surface area contributed by atoms with Crippen molar-refractivity contribution in [1.82, 2.24) is 4.98 Å². The molecule has 0 bridgehead atoms. The van der Waals surface area contributed by atoms with E-state index < -0.39 is 0 Å². The second-order valence-corrected chi connectivity index (χ2v) is 6.37. The van der Waals surface area contributed by atoms with Gasteiger partial charge in [-0.25, -0.2) is 4.98 Å². The smallest absolute Gasteiger partial charge is 0.210 e. The maximum atomic E-state index is 6.44. The SMILES string of the molecule is ClCc1nc2cc(Cl)c3c(c2o1)C1(CCCCC1)N=CN3. The predicted molar refractivity (Wildman–Crippen MR) is 85.5 cm³/mol. The number of hydrogen-bond donors (Lipinski definition) is 1. The summed E-state index contributed by atoms with van der Waals surface area (Å²) >= 11 is 12.3. The molecule has 1 spiro atoms. The number of aromatic nitrogens is 1. The first-order valence-electron chi connectivity index (χ1n) is 7.22. The van der Waals surface area contributed by atoms with Gasteiger partial charge in [0, 0.05) is 5.56 Å². The summed E-state index contributed by atoms with van der Waals surface area (Å²) in [5.74, 6) is 0.779. The lowest BCUT2D eigenvalue weighted by atomic mass is 9.75. The van der Waals surface area contributed by atoms with Gasteiger partial charge >= 0.3 is 0 Å². The van der Waals surface area contributed by atoms with Crippen molar-refractivity contribution in [3.8, 4) is 0 Å². The molecule has 1 aliphatic carbocycles. The van der Waals surface area contributed by atoms with Crippen molar-refractivity contribution in [3.05, 3.63) is 22.5 Å². The number of hydrogen-bond acceptors (Lipinski definition) is 4. The Bertz CT molecular complexity index is 732. The van der Waals surface area contributed by atoms with Crippen LogP contribution in [0, 0.1) is 0 Å². The highest BCUT2D eigenvalue weighted by molar-refractivity contribution is 6.34. The molecule has 21 heavy (non-hydrogen) atoms. The van der Waals surface area contributed by atoms with E-state index in [2.05, 4.69) is 10.3 Å². The number of nitrogens with one attached hydrogen (secondary N) is 1. The van der Waals surface area contributed by atoms with Gasteiger partial charge in [0.2, 0.25) is 5.89 Å². The monoisotopic (exact) mass is 323 g/mol. The predicted octanol–water partition coefficient (Wildman–Crippen LogP) is 4.83. The number of fused-ring (bicyclic) bond motifs is 4. The van der Waals surface area contributed by atoms with E-state index in [1.54, 1.807) is 6.34 Å². The minimum atomic E-state index is -0.231. The van der Waals surface area contributed by atoms with Gasteiger partial charge in [0.1, 0.15) is 5.52 Å². The van der Waals surface area contributed by atoms with Crippen LogP contribution in [0.15, 0.2) is 15.5 Å². The molecule has 0 radical (unpaired) electrons. The lowest BCUT2D eigenvalue weighted by Gasteiger charge is -2.37. The normalized spacial score (nSPS) is 19.7. The molecular weight excluding hydrogens is 309 g/mol. The lowest BCUT2D eigenvalue weighted by molar-refractivity contribution is 0.304. The summed E-state index contributed by atoms with van der Waals surface area (Å²) in [5.41, 5.74) is 3.26. The van der Waals surface area contributed by atoms with Gasteiger partial charge in [0.25, 0.3) is 0 Å². The second-order valence-electron chi connectivity index (χ2n) is 5.69.